The summed E-state index contributed by atoms with van der Waals surface area (Å²) in [4.78, 5) is 0. The summed E-state index contributed by atoms with van der Waals surface area (Å²) in [6.45, 7) is 0. The molecule has 1 N–H and O–H groups in total. The predicted octanol–water partition coefficient (Wildman–Crippen LogP) is 2.07. The Morgan fingerprint density at radius 3 is 2.58 bits per heavy atom. The van der Waals surface area contributed by atoms with Gasteiger partial charge in [-0.25, -0.2) is 0 Å². The summed E-state index contributed by atoms with van der Waals surface area (Å²) >= 11 is 0. The van der Waals surface area contributed by atoms with E-state index in [4.69, 9.17) is 4.74 Å². The van der Waals surface area contributed by atoms with E-state index >= 15 is 0 Å². The standard InChI is InChI=1S/C14H18N4O/c1-18-9-15-17-14(18)10-3-5-11(6-4-10)16-12-7-13(8-12)19-2/h3-6,9,12-13,16H,7-8H2,1-2H3. The second kappa shape index (κ2) is 5.01. The van der Waals surface area contributed by atoms with Gasteiger partial charge in [0.1, 0.15) is 6.33 Å². The molecule has 19 heavy (non-hydrogen) atoms. The molecule has 0 bridgehead atoms. The van der Waals surface area contributed by atoms with Crippen LogP contribution in [0.2, 0.25) is 0 Å². The zero-order chi connectivity index (χ0) is 13.2. The Labute approximate surface area is 112 Å². The fourth-order valence-corrected chi connectivity index (χ4v) is 2.37. The molecule has 2 aromatic rings. The Morgan fingerprint density at radius 2 is 2.00 bits per heavy atom. The van der Waals surface area contributed by atoms with Crippen LogP contribution in [0.1, 0.15) is 12.8 Å². The average Bonchev–Trinajstić information content (AvgIpc) is 2.80. The Morgan fingerprint density at radius 1 is 1.26 bits per heavy atom. The first-order valence-electron chi connectivity index (χ1n) is 6.50. The van der Waals surface area contributed by atoms with E-state index in [9.17, 15) is 0 Å². The molecular weight excluding hydrogens is 240 g/mol. The molecule has 0 spiro atoms. The Balaban J connectivity index is 1.65. The quantitative estimate of drug-likeness (QED) is 0.912. The topological polar surface area (TPSA) is 52.0 Å². The van der Waals surface area contributed by atoms with E-state index in [-0.39, 0.29) is 0 Å². The van der Waals surface area contributed by atoms with Gasteiger partial charge in [0.15, 0.2) is 5.82 Å². The number of aromatic nitrogens is 3. The lowest BCUT2D eigenvalue weighted by molar-refractivity contribution is 0.0329. The van der Waals surface area contributed by atoms with Crippen molar-refractivity contribution in [3.05, 3.63) is 30.6 Å². The van der Waals surface area contributed by atoms with Crippen LogP contribution in [0.25, 0.3) is 11.4 Å². The van der Waals surface area contributed by atoms with E-state index in [0.29, 0.717) is 12.1 Å². The Bertz CT molecular complexity index is 543. The summed E-state index contributed by atoms with van der Waals surface area (Å²) in [5, 5.41) is 11.5. The van der Waals surface area contributed by atoms with Gasteiger partial charge in [-0.3, -0.25) is 0 Å². The fraction of sp³-hybridized carbons (Fsp3) is 0.429. The number of nitrogens with one attached hydrogen (secondary N) is 1. The molecule has 1 fully saturated rings. The molecule has 0 unspecified atom stereocenters. The molecule has 1 aromatic carbocycles. The van der Waals surface area contributed by atoms with Gasteiger partial charge in [0.25, 0.3) is 0 Å². The first-order chi connectivity index (χ1) is 9.26. The normalized spacial score (nSPS) is 22.0. The van der Waals surface area contributed by atoms with E-state index in [1.54, 1.807) is 13.4 Å². The van der Waals surface area contributed by atoms with Crippen LogP contribution in [0.4, 0.5) is 5.69 Å². The monoisotopic (exact) mass is 258 g/mol. The molecular formula is C14H18N4O. The third-order valence-electron chi connectivity index (χ3n) is 3.65. The minimum Gasteiger partial charge on any atom is -0.382 e. The van der Waals surface area contributed by atoms with Crippen LogP contribution in [-0.2, 0) is 11.8 Å². The second-order valence-electron chi connectivity index (χ2n) is 5.01. The van der Waals surface area contributed by atoms with E-state index in [2.05, 4.69) is 39.8 Å². The molecule has 3 rings (SSSR count). The van der Waals surface area contributed by atoms with Crippen molar-refractivity contribution in [2.24, 2.45) is 7.05 Å². The maximum atomic E-state index is 5.28. The minimum absolute atomic E-state index is 0.426. The molecule has 1 aliphatic carbocycles. The number of nitrogens with zero attached hydrogens (tertiary/aromatic N) is 3. The molecule has 100 valence electrons. The van der Waals surface area contributed by atoms with Crippen molar-refractivity contribution in [3.63, 3.8) is 0 Å². The Hall–Kier alpha value is -1.88. The van der Waals surface area contributed by atoms with Crippen molar-refractivity contribution in [3.8, 4) is 11.4 Å². The lowest BCUT2D eigenvalue weighted by atomic mass is 9.89. The molecule has 1 aliphatic rings. The molecule has 1 saturated carbocycles. The van der Waals surface area contributed by atoms with Crippen molar-refractivity contribution in [2.45, 2.75) is 25.0 Å². The summed E-state index contributed by atoms with van der Waals surface area (Å²) < 4.78 is 7.19. The van der Waals surface area contributed by atoms with Gasteiger partial charge in [0.05, 0.1) is 6.10 Å². The highest BCUT2D eigenvalue weighted by molar-refractivity contribution is 5.60. The van der Waals surface area contributed by atoms with Gasteiger partial charge in [-0.1, -0.05) is 0 Å². The van der Waals surface area contributed by atoms with Gasteiger partial charge >= 0.3 is 0 Å². The highest BCUT2D eigenvalue weighted by atomic mass is 16.5. The molecule has 0 radical (unpaired) electrons. The SMILES string of the molecule is COC1CC(Nc2ccc(-c3nncn3C)cc2)C1. The number of ether oxygens (including phenoxy) is 1. The van der Waals surface area contributed by atoms with E-state index < -0.39 is 0 Å². The minimum atomic E-state index is 0.426. The number of hydrogen-bond acceptors (Lipinski definition) is 4. The summed E-state index contributed by atoms with van der Waals surface area (Å²) in [6, 6.07) is 8.84. The zero-order valence-corrected chi connectivity index (χ0v) is 11.2. The third-order valence-corrected chi connectivity index (χ3v) is 3.65. The summed E-state index contributed by atoms with van der Waals surface area (Å²) in [7, 11) is 3.72. The summed E-state index contributed by atoms with van der Waals surface area (Å²) in [6.07, 6.45) is 4.31. The fourth-order valence-electron chi connectivity index (χ4n) is 2.37. The lowest BCUT2D eigenvalue weighted by Crippen LogP contribution is -2.40. The number of benzene rings is 1. The number of rotatable bonds is 4. The molecule has 1 heterocycles. The second-order valence-corrected chi connectivity index (χ2v) is 5.01. The maximum absolute atomic E-state index is 5.28. The molecule has 0 atom stereocenters. The number of anilines is 1. The first-order valence-corrected chi connectivity index (χ1v) is 6.50. The summed E-state index contributed by atoms with van der Waals surface area (Å²) in [5.41, 5.74) is 2.22. The smallest absolute Gasteiger partial charge is 0.163 e. The van der Waals surface area contributed by atoms with E-state index in [0.717, 1.165) is 29.9 Å². The molecule has 5 nitrogen and oxygen atoms in total. The maximum Gasteiger partial charge on any atom is 0.163 e. The van der Waals surface area contributed by atoms with Crippen LogP contribution < -0.4 is 5.32 Å². The number of aryl methyl sites for hydroxylation is 1. The van der Waals surface area contributed by atoms with Crippen molar-refractivity contribution in [1.29, 1.82) is 0 Å². The van der Waals surface area contributed by atoms with Crippen molar-refractivity contribution in [2.75, 3.05) is 12.4 Å². The third kappa shape index (κ3) is 2.46. The first kappa shape index (κ1) is 12.2. The lowest BCUT2D eigenvalue weighted by Gasteiger charge is -2.35. The predicted molar refractivity (Wildman–Crippen MR) is 73.9 cm³/mol. The van der Waals surface area contributed by atoms with Crippen LogP contribution >= 0.6 is 0 Å². The van der Waals surface area contributed by atoms with E-state index in [1.165, 1.54) is 0 Å². The van der Waals surface area contributed by atoms with Gasteiger partial charge in [-0.2, -0.15) is 0 Å². The average molecular weight is 258 g/mol. The van der Waals surface area contributed by atoms with Crippen LogP contribution in [0.5, 0.6) is 0 Å². The molecule has 1 aromatic heterocycles. The largest absolute Gasteiger partial charge is 0.382 e. The Kier molecular flexibility index (Phi) is 3.21. The van der Waals surface area contributed by atoms with Gasteiger partial charge < -0.3 is 14.6 Å². The van der Waals surface area contributed by atoms with Gasteiger partial charge in [0, 0.05) is 31.5 Å². The van der Waals surface area contributed by atoms with Crippen molar-refractivity contribution < 1.29 is 4.74 Å². The van der Waals surface area contributed by atoms with Crippen LogP contribution in [-0.4, -0.2) is 34.0 Å². The number of methoxy groups -OCH3 is 1. The number of hydrogen-bond donors (Lipinski definition) is 1. The van der Waals surface area contributed by atoms with Gasteiger partial charge in [0.2, 0.25) is 0 Å². The highest BCUT2D eigenvalue weighted by Gasteiger charge is 2.28. The highest BCUT2D eigenvalue weighted by Crippen LogP contribution is 2.27. The van der Waals surface area contributed by atoms with Gasteiger partial charge in [-0.15, -0.1) is 10.2 Å². The summed E-state index contributed by atoms with van der Waals surface area (Å²) in [5.74, 6) is 0.884. The van der Waals surface area contributed by atoms with Gasteiger partial charge in [-0.05, 0) is 37.1 Å². The molecule has 0 aliphatic heterocycles. The van der Waals surface area contributed by atoms with Crippen LogP contribution in [0.3, 0.4) is 0 Å². The van der Waals surface area contributed by atoms with Crippen LogP contribution in [0.15, 0.2) is 30.6 Å². The van der Waals surface area contributed by atoms with Crippen molar-refractivity contribution >= 4 is 5.69 Å². The molecule has 0 saturated heterocycles. The molecule has 5 heteroatoms. The van der Waals surface area contributed by atoms with E-state index in [1.807, 2.05) is 11.6 Å². The molecule has 0 amide bonds. The van der Waals surface area contributed by atoms with Crippen LogP contribution in [0, 0.1) is 0 Å². The zero-order valence-electron chi connectivity index (χ0n) is 11.2. The van der Waals surface area contributed by atoms with Crippen molar-refractivity contribution in [1.82, 2.24) is 14.8 Å².